The van der Waals surface area contributed by atoms with Gasteiger partial charge in [-0.3, -0.25) is 13.9 Å². The number of carboxylic acids is 1. The highest BCUT2D eigenvalue weighted by Gasteiger charge is 2.37. The molecule has 2 aromatic carbocycles. The maximum atomic E-state index is 13.1. The number of fused-ring (bicyclic) bond motifs is 1. The van der Waals surface area contributed by atoms with Gasteiger partial charge in [-0.25, -0.2) is 8.42 Å². The second kappa shape index (κ2) is 6.38. The van der Waals surface area contributed by atoms with Crippen LogP contribution in [0.3, 0.4) is 0 Å². The third-order valence-corrected chi connectivity index (χ3v) is 6.86. The maximum Gasteiger partial charge on any atom is 0.312 e. The number of aliphatic carboxylic acids is 1. The summed E-state index contributed by atoms with van der Waals surface area (Å²) in [5, 5.41) is 9.46. The number of anilines is 2. The van der Waals surface area contributed by atoms with Crippen molar-refractivity contribution in [2.24, 2.45) is 0 Å². The van der Waals surface area contributed by atoms with Crippen molar-refractivity contribution < 1.29 is 23.1 Å². The highest BCUT2D eigenvalue weighted by atomic mass is 32.2. The van der Waals surface area contributed by atoms with Gasteiger partial charge in [0.1, 0.15) is 5.92 Å². The number of rotatable bonds is 3. The quantitative estimate of drug-likeness (QED) is 0.871. The monoisotopic (exact) mass is 386 g/mol. The molecule has 2 heterocycles. The molecule has 0 radical (unpaired) electrons. The molecule has 8 heteroatoms. The number of hydrogen-bond donors (Lipinski definition) is 1. The first-order chi connectivity index (χ1) is 12.9. The predicted molar refractivity (Wildman–Crippen MR) is 101 cm³/mol. The predicted octanol–water partition coefficient (Wildman–Crippen LogP) is 2.06. The molecule has 0 spiro atoms. The number of para-hydroxylation sites is 1. The van der Waals surface area contributed by atoms with Crippen LogP contribution in [-0.2, 0) is 14.8 Å². The van der Waals surface area contributed by atoms with E-state index in [4.69, 9.17) is 0 Å². The fraction of sp³-hybridized carbons (Fsp3) is 0.263. The lowest BCUT2D eigenvalue weighted by Crippen LogP contribution is -2.31. The summed E-state index contributed by atoms with van der Waals surface area (Å²) in [4.78, 5) is 26.1. The zero-order valence-corrected chi connectivity index (χ0v) is 15.2. The maximum absolute atomic E-state index is 13.1. The molecule has 0 saturated carbocycles. The first-order valence-corrected chi connectivity index (χ1v) is 10.2. The minimum Gasteiger partial charge on any atom is -0.481 e. The molecule has 140 valence electrons. The number of carbonyl (C=O) groups excluding carboxylic acids is 1. The lowest BCUT2D eigenvalue weighted by Gasteiger charge is -2.20. The Bertz CT molecular complexity index is 1030. The van der Waals surface area contributed by atoms with Crippen LogP contribution in [-0.4, -0.2) is 44.2 Å². The largest absolute Gasteiger partial charge is 0.481 e. The van der Waals surface area contributed by atoms with E-state index >= 15 is 0 Å². The number of hydrogen-bond acceptors (Lipinski definition) is 4. The van der Waals surface area contributed by atoms with Crippen LogP contribution >= 0.6 is 0 Å². The zero-order valence-electron chi connectivity index (χ0n) is 14.4. The van der Waals surface area contributed by atoms with Gasteiger partial charge >= 0.3 is 5.97 Å². The third kappa shape index (κ3) is 2.95. The van der Waals surface area contributed by atoms with Crippen LogP contribution in [0.1, 0.15) is 28.3 Å². The zero-order chi connectivity index (χ0) is 19.2. The Kier molecular flexibility index (Phi) is 4.15. The highest BCUT2D eigenvalue weighted by Crippen LogP contribution is 2.37. The van der Waals surface area contributed by atoms with Gasteiger partial charge in [-0.2, -0.15) is 0 Å². The molecule has 2 aliphatic heterocycles. The summed E-state index contributed by atoms with van der Waals surface area (Å²) >= 11 is 0. The van der Waals surface area contributed by atoms with Crippen molar-refractivity contribution >= 4 is 33.3 Å². The molecule has 1 N–H and O–H groups in total. The number of carbonyl (C=O) groups is 2. The minimum absolute atomic E-state index is 0.0553. The summed E-state index contributed by atoms with van der Waals surface area (Å²) in [6, 6.07) is 13.4. The number of amides is 1. The van der Waals surface area contributed by atoms with E-state index in [1.54, 1.807) is 48.5 Å². The van der Waals surface area contributed by atoms with E-state index in [1.807, 2.05) is 0 Å². The van der Waals surface area contributed by atoms with E-state index in [1.165, 1.54) is 9.21 Å². The number of sulfonamides is 1. The molecule has 0 aliphatic carbocycles. The van der Waals surface area contributed by atoms with Gasteiger partial charge in [0.15, 0.2) is 0 Å². The van der Waals surface area contributed by atoms with Crippen molar-refractivity contribution in [3.05, 3.63) is 59.7 Å². The third-order valence-electron chi connectivity index (χ3n) is 4.99. The molecular formula is C19H18N2O5S. The number of benzene rings is 2. The van der Waals surface area contributed by atoms with E-state index in [-0.39, 0.29) is 18.2 Å². The van der Waals surface area contributed by atoms with Gasteiger partial charge < -0.3 is 10.0 Å². The number of nitrogens with zero attached hydrogens (tertiary/aromatic N) is 2. The summed E-state index contributed by atoms with van der Waals surface area (Å²) in [5.74, 6) is -1.99. The van der Waals surface area contributed by atoms with Crippen molar-refractivity contribution in [3.8, 4) is 0 Å². The van der Waals surface area contributed by atoms with Gasteiger partial charge in [0.25, 0.3) is 5.91 Å². The number of carboxylic acid groups (broad SMARTS) is 1. The van der Waals surface area contributed by atoms with Gasteiger partial charge in [-0.1, -0.05) is 24.3 Å². The average Bonchev–Trinajstić information content (AvgIpc) is 3.21. The highest BCUT2D eigenvalue weighted by molar-refractivity contribution is 7.93. The SMILES string of the molecule is O=C(O)C1CN(C(=O)c2cccc(N3CCCS3(=O)=O)c2)c2ccccc21. The first kappa shape index (κ1) is 17.5. The van der Waals surface area contributed by atoms with Gasteiger partial charge in [0.05, 0.1) is 11.4 Å². The van der Waals surface area contributed by atoms with Crippen LogP contribution in [0, 0.1) is 0 Å². The van der Waals surface area contributed by atoms with Crippen molar-refractivity contribution in [1.29, 1.82) is 0 Å². The first-order valence-electron chi connectivity index (χ1n) is 8.62. The molecule has 27 heavy (non-hydrogen) atoms. The van der Waals surface area contributed by atoms with Gasteiger partial charge in [0.2, 0.25) is 10.0 Å². The molecule has 1 fully saturated rings. The smallest absolute Gasteiger partial charge is 0.312 e. The molecule has 7 nitrogen and oxygen atoms in total. The molecule has 1 atom stereocenters. The molecule has 0 bridgehead atoms. The van der Waals surface area contributed by atoms with Gasteiger partial charge in [0, 0.05) is 24.3 Å². The van der Waals surface area contributed by atoms with E-state index < -0.39 is 21.9 Å². The Balaban J connectivity index is 1.68. The molecule has 1 saturated heterocycles. The molecule has 1 unspecified atom stereocenters. The second-order valence-corrected chi connectivity index (χ2v) is 8.67. The Morgan fingerprint density at radius 1 is 1.07 bits per heavy atom. The lowest BCUT2D eigenvalue weighted by molar-refractivity contribution is -0.138. The topological polar surface area (TPSA) is 95.0 Å². The summed E-state index contributed by atoms with van der Waals surface area (Å²) in [7, 11) is -3.34. The van der Waals surface area contributed by atoms with Crippen LogP contribution in [0.4, 0.5) is 11.4 Å². The van der Waals surface area contributed by atoms with Crippen LogP contribution in [0.5, 0.6) is 0 Å². The molecule has 1 amide bonds. The van der Waals surface area contributed by atoms with E-state index in [2.05, 4.69) is 0 Å². The second-order valence-electron chi connectivity index (χ2n) is 6.66. The Labute approximate surface area is 156 Å². The summed E-state index contributed by atoms with van der Waals surface area (Å²) < 4.78 is 25.6. The van der Waals surface area contributed by atoms with Crippen molar-refractivity contribution in [2.75, 3.05) is 28.0 Å². The Hall–Kier alpha value is -2.87. The molecule has 2 aromatic rings. The summed E-state index contributed by atoms with van der Waals surface area (Å²) in [5.41, 5.74) is 1.97. The summed E-state index contributed by atoms with van der Waals surface area (Å²) in [6.45, 7) is 0.452. The van der Waals surface area contributed by atoms with E-state index in [0.29, 0.717) is 35.5 Å². The molecule has 0 aromatic heterocycles. The fourth-order valence-electron chi connectivity index (χ4n) is 3.69. The van der Waals surface area contributed by atoms with Crippen molar-refractivity contribution in [1.82, 2.24) is 0 Å². The Morgan fingerprint density at radius 2 is 1.85 bits per heavy atom. The van der Waals surface area contributed by atoms with Crippen molar-refractivity contribution in [2.45, 2.75) is 12.3 Å². The Morgan fingerprint density at radius 3 is 2.56 bits per heavy atom. The minimum atomic E-state index is -3.34. The van der Waals surface area contributed by atoms with E-state index in [0.717, 1.165) is 0 Å². The average molecular weight is 386 g/mol. The van der Waals surface area contributed by atoms with Crippen molar-refractivity contribution in [3.63, 3.8) is 0 Å². The van der Waals surface area contributed by atoms with Gasteiger partial charge in [-0.05, 0) is 36.2 Å². The normalized spacial score (nSPS) is 20.5. The molecule has 2 aliphatic rings. The fourth-order valence-corrected chi connectivity index (χ4v) is 5.25. The lowest BCUT2D eigenvalue weighted by atomic mass is 10.0. The standard InChI is InChI=1S/C19H18N2O5S/c22-18(20-12-16(19(23)24)15-7-1-2-8-17(15)20)13-5-3-6-14(11-13)21-9-4-10-27(21,25)26/h1-3,5-8,11,16H,4,9-10,12H2,(H,23,24). The van der Waals surface area contributed by atoms with Crippen LogP contribution < -0.4 is 9.21 Å². The summed E-state index contributed by atoms with van der Waals surface area (Å²) in [6.07, 6.45) is 0.556. The molecule has 4 rings (SSSR count). The van der Waals surface area contributed by atoms with Crippen LogP contribution in [0.2, 0.25) is 0 Å². The van der Waals surface area contributed by atoms with E-state index in [9.17, 15) is 23.1 Å². The molecular weight excluding hydrogens is 368 g/mol. The van der Waals surface area contributed by atoms with Gasteiger partial charge in [-0.15, -0.1) is 0 Å². The van der Waals surface area contributed by atoms with Crippen LogP contribution in [0.15, 0.2) is 48.5 Å². The van der Waals surface area contributed by atoms with Crippen LogP contribution in [0.25, 0.3) is 0 Å².